The van der Waals surface area contributed by atoms with Gasteiger partial charge in [-0.05, 0) is 22.3 Å². The highest BCUT2D eigenvalue weighted by atomic mass is 16.6. The number of benzene rings is 4. The number of carboxylic acid groups (broad SMARTS) is 2. The van der Waals surface area contributed by atoms with E-state index in [1.54, 1.807) is 79.7 Å². The van der Waals surface area contributed by atoms with Crippen LogP contribution in [0.5, 0.6) is 0 Å². The fourth-order valence-corrected chi connectivity index (χ4v) is 5.80. The summed E-state index contributed by atoms with van der Waals surface area (Å²) in [5.74, 6) is -7.53. The maximum absolute atomic E-state index is 12.7. The highest BCUT2D eigenvalue weighted by molar-refractivity contribution is 6.05. The molecule has 60 heavy (non-hydrogen) atoms. The predicted molar refractivity (Wildman–Crippen MR) is 215 cm³/mol. The van der Waals surface area contributed by atoms with E-state index in [0.717, 1.165) is 23.5 Å². The molecule has 0 unspecified atom stereocenters. The predicted octanol–water partition coefficient (Wildman–Crippen LogP) is 3.92. The number of carbonyl (C=O) groups excluding carboxylic acids is 5. The first-order valence-electron chi connectivity index (χ1n) is 18.4. The fourth-order valence-electron chi connectivity index (χ4n) is 5.80. The summed E-state index contributed by atoms with van der Waals surface area (Å²) in [6.07, 6.45) is 2.08. The second kappa shape index (κ2) is 23.1. The van der Waals surface area contributed by atoms with Crippen LogP contribution in [0.2, 0.25) is 0 Å². The first kappa shape index (κ1) is 45.3. The summed E-state index contributed by atoms with van der Waals surface area (Å²) in [6.45, 7) is -2.05. The van der Waals surface area contributed by atoms with Crippen LogP contribution in [0.15, 0.2) is 134 Å². The van der Waals surface area contributed by atoms with E-state index in [1.807, 2.05) is 60.7 Å². The van der Waals surface area contributed by atoms with Gasteiger partial charge in [-0.1, -0.05) is 121 Å². The number of likely N-dealkylation sites (N-methyl/N-ethyl adjacent to an activating group) is 1. The molecule has 16 nitrogen and oxygen atoms in total. The molecule has 0 bridgehead atoms. The smallest absolute Gasteiger partial charge is 0.367 e. The van der Waals surface area contributed by atoms with Gasteiger partial charge in [-0.3, -0.25) is 33.8 Å². The van der Waals surface area contributed by atoms with Crippen LogP contribution in [0.3, 0.4) is 0 Å². The topological polar surface area (TPSA) is 214 Å². The summed E-state index contributed by atoms with van der Waals surface area (Å²) in [6, 6.07) is 37.2. The lowest BCUT2D eigenvalue weighted by Crippen LogP contribution is -2.36. The number of amides is 1. The zero-order valence-electron chi connectivity index (χ0n) is 32.8. The van der Waals surface area contributed by atoms with Crippen LogP contribution >= 0.6 is 0 Å². The summed E-state index contributed by atoms with van der Waals surface area (Å²) >= 11 is 0. The average molecular weight is 818 g/mol. The van der Waals surface area contributed by atoms with E-state index in [-0.39, 0.29) is 24.9 Å². The number of hydrogen-bond acceptors (Lipinski definition) is 13. The molecule has 0 aliphatic heterocycles. The van der Waals surface area contributed by atoms with E-state index in [9.17, 15) is 43.8 Å². The Morgan fingerprint density at radius 3 is 1.17 bits per heavy atom. The summed E-state index contributed by atoms with van der Waals surface area (Å²) < 4.78 is 9.55. The quantitative estimate of drug-likeness (QED) is 0.101. The molecule has 1 amide bonds. The highest BCUT2D eigenvalue weighted by Crippen LogP contribution is 2.26. The van der Waals surface area contributed by atoms with E-state index < -0.39 is 73.4 Å². The third kappa shape index (κ3) is 14.8. The number of esters is 4. The third-order valence-corrected chi connectivity index (χ3v) is 8.37. The van der Waals surface area contributed by atoms with E-state index in [1.165, 1.54) is 9.80 Å². The van der Waals surface area contributed by atoms with Crippen molar-refractivity contribution in [3.05, 3.63) is 167 Å². The number of carbonyl (C=O) groups is 7. The summed E-state index contributed by atoms with van der Waals surface area (Å²) in [7, 11) is 3.59. The van der Waals surface area contributed by atoms with Crippen molar-refractivity contribution in [3.63, 3.8) is 0 Å². The highest BCUT2D eigenvalue weighted by Gasteiger charge is 2.28. The van der Waals surface area contributed by atoms with Crippen molar-refractivity contribution >= 4 is 41.7 Å². The summed E-state index contributed by atoms with van der Waals surface area (Å²) in [5.41, 5.74) is 2.05. The second-order valence-electron chi connectivity index (χ2n) is 13.3. The standard InChI is InChI=1S/C28H26N4O10.C16H17NO/c33-21(34)15-31(13-19-7-3-1-4-8-19)17-23(37)41-27(39)25-26(30-12-11-29-25)28(40)42-24(38)18-32(16-22(35)36)14-20-9-5-2-6-10-20;1-17(2)16(18)15(13-9-5-3-6-10-13)14-11-7-4-8-12-14/h1-12H,13-18H2,(H,33,34)(H,35,36);3-12,15H,1-2H3. The molecule has 0 spiro atoms. The number of carboxylic acids is 2. The average Bonchev–Trinajstić information content (AvgIpc) is 3.22. The molecule has 0 aliphatic rings. The van der Waals surface area contributed by atoms with Gasteiger partial charge in [0.15, 0.2) is 11.4 Å². The summed E-state index contributed by atoms with van der Waals surface area (Å²) in [5, 5.41) is 18.4. The molecule has 310 valence electrons. The molecular weight excluding hydrogens is 775 g/mol. The number of rotatable bonds is 17. The van der Waals surface area contributed by atoms with E-state index in [0.29, 0.717) is 11.1 Å². The van der Waals surface area contributed by atoms with Gasteiger partial charge in [0.05, 0.1) is 32.1 Å². The first-order valence-corrected chi connectivity index (χ1v) is 18.4. The Hall–Kier alpha value is -7.43. The Morgan fingerprint density at radius 2 is 0.850 bits per heavy atom. The van der Waals surface area contributed by atoms with Crippen molar-refractivity contribution in [2.24, 2.45) is 0 Å². The van der Waals surface area contributed by atoms with Crippen molar-refractivity contribution < 1.29 is 53.2 Å². The lowest BCUT2D eigenvalue weighted by molar-refractivity contribution is -0.144. The lowest BCUT2D eigenvalue weighted by Gasteiger charge is -2.21. The normalized spacial score (nSPS) is 10.6. The molecule has 0 radical (unpaired) electrons. The first-order chi connectivity index (χ1) is 28.8. The van der Waals surface area contributed by atoms with Crippen molar-refractivity contribution in [2.45, 2.75) is 19.0 Å². The van der Waals surface area contributed by atoms with Crippen LogP contribution in [-0.2, 0) is 46.5 Å². The third-order valence-electron chi connectivity index (χ3n) is 8.37. The summed E-state index contributed by atoms with van der Waals surface area (Å²) in [4.78, 5) is 96.7. The monoisotopic (exact) mass is 817 g/mol. The van der Waals surface area contributed by atoms with Crippen molar-refractivity contribution in [1.82, 2.24) is 24.7 Å². The van der Waals surface area contributed by atoms with Gasteiger partial charge in [0.25, 0.3) is 0 Å². The molecule has 1 aromatic heterocycles. The molecule has 0 saturated carbocycles. The largest absolute Gasteiger partial charge is 0.480 e. The van der Waals surface area contributed by atoms with Crippen molar-refractivity contribution in [3.8, 4) is 0 Å². The van der Waals surface area contributed by atoms with Crippen LogP contribution in [0, 0.1) is 0 Å². The molecule has 2 N–H and O–H groups in total. The Bertz CT molecular complexity index is 2080. The molecule has 16 heteroatoms. The molecule has 4 aromatic carbocycles. The fraction of sp³-hybridized carbons (Fsp3) is 0.205. The zero-order chi connectivity index (χ0) is 43.4. The van der Waals surface area contributed by atoms with Gasteiger partial charge >= 0.3 is 35.8 Å². The number of aromatic nitrogens is 2. The number of nitrogens with zero attached hydrogens (tertiary/aromatic N) is 5. The second-order valence-corrected chi connectivity index (χ2v) is 13.3. The van der Waals surface area contributed by atoms with Crippen LogP contribution < -0.4 is 0 Å². The minimum atomic E-state index is -1.38. The van der Waals surface area contributed by atoms with Gasteiger partial charge in [0.1, 0.15) is 0 Å². The molecule has 0 atom stereocenters. The van der Waals surface area contributed by atoms with E-state index in [4.69, 9.17) is 9.47 Å². The van der Waals surface area contributed by atoms with Gasteiger partial charge in [-0.25, -0.2) is 19.6 Å². The molecule has 0 fully saturated rings. The van der Waals surface area contributed by atoms with Crippen molar-refractivity contribution in [2.75, 3.05) is 40.3 Å². The zero-order valence-corrected chi connectivity index (χ0v) is 32.8. The SMILES string of the molecule is CN(C)C(=O)C(c1ccccc1)c1ccccc1.O=C(O)CN(CC(=O)OC(=O)c1nccnc1C(=O)OC(=O)CN(CC(=O)O)Cc1ccccc1)Cc1ccccc1. The lowest BCUT2D eigenvalue weighted by atomic mass is 9.90. The van der Waals surface area contributed by atoms with Crippen molar-refractivity contribution in [1.29, 1.82) is 0 Å². The maximum Gasteiger partial charge on any atom is 0.367 e. The Labute approximate surface area is 345 Å². The number of hydrogen-bond donors (Lipinski definition) is 2. The minimum absolute atomic E-state index is 0.0738. The number of aliphatic carboxylic acids is 2. The number of ether oxygens (including phenoxy) is 2. The Balaban J connectivity index is 0.000000365. The van der Waals surface area contributed by atoms with Gasteiger partial charge in [0.2, 0.25) is 5.91 Å². The van der Waals surface area contributed by atoms with Crippen LogP contribution in [0.25, 0.3) is 0 Å². The molecule has 0 saturated heterocycles. The molecule has 0 aliphatic carbocycles. The maximum atomic E-state index is 12.7. The molecular formula is C44H43N5O11. The van der Waals surface area contributed by atoms with Gasteiger partial charge in [-0.15, -0.1) is 0 Å². The Kier molecular flexibility index (Phi) is 17.4. The van der Waals surface area contributed by atoms with Crippen LogP contribution in [-0.4, -0.2) is 117 Å². The minimum Gasteiger partial charge on any atom is -0.480 e. The van der Waals surface area contributed by atoms with Crippen LogP contribution in [0.4, 0.5) is 0 Å². The van der Waals surface area contributed by atoms with Gasteiger partial charge < -0.3 is 24.6 Å². The molecule has 1 heterocycles. The van der Waals surface area contributed by atoms with Gasteiger partial charge in [-0.2, -0.15) is 0 Å². The molecule has 5 rings (SSSR count). The van der Waals surface area contributed by atoms with E-state index >= 15 is 0 Å². The van der Waals surface area contributed by atoms with E-state index in [2.05, 4.69) is 9.97 Å². The molecule has 5 aromatic rings. The van der Waals surface area contributed by atoms with Gasteiger partial charge in [0, 0.05) is 39.6 Å². The van der Waals surface area contributed by atoms with Crippen LogP contribution in [0.1, 0.15) is 49.1 Å². The Morgan fingerprint density at radius 1 is 0.517 bits per heavy atom.